The molecule has 1 aromatic heterocycles. The van der Waals surface area contributed by atoms with Crippen molar-refractivity contribution in [3.05, 3.63) is 24.4 Å². The largest absolute Gasteiger partial charge is 0.368 e. The predicted molar refractivity (Wildman–Crippen MR) is 79.2 cm³/mol. The highest BCUT2D eigenvalue weighted by Gasteiger charge is 2.39. The van der Waals surface area contributed by atoms with E-state index in [1.807, 2.05) is 12.1 Å². The van der Waals surface area contributed by atoms with Crippen molar-refractivity contribution in [2.24, 2.45) is 0 Å². The van der Waals surface area contributed by atoms with E-state index in [1.54, 1.807) is 19.4 Å². The normalized spacial score (nSPS) is 16.7. The number of rotatable bonds is 3. The number of carbonyl (C=O) groups is 1. The van der Waals surface area contributed by atoms with E-state index in [0.29, 0.717) is 18.7 Å². The van der Waals surface area contributed by atoms with E-state index in [-0.39, 0.29) is 30.7 Å². The van der Waals surface area contributed by atoms with E-state index in [1.165, 1.54) is 0 Å². The molecule has 0 unspecified atom stereocenters. The summed E-state index contributed by atoms with van der Waals surface area (Å²) in [6, 6.07) is 5.42. The second-order valence-electron chi connectivity index (χ2n) is 4.12. The maximum atomic E-state index is 12.2. The summed E-state index contributed by atoms with van der Waals surface area (Å²) in [5, 5.41) is 6.02. The molecule has 1 fully saturated rings. The Balaban J connectivity index is 0.00000162. The number of nitrogens with zero attached hydrogens (tertiary/aromatic N) is 1. The van der Waals surface area contributed by atoms with Crippen molar-refractivity contribution in [1.82, 2.24) is 10.3 Å². The molecule has 2 heterocycles. The summed E-state index contributed by atoms with van der Waals surface area (Å²) in [6.45, 7) is 1.59. The maximum Gasteiger partial charge on any atom is 0.257 e. The minimum absolute atomic E-state index is 0. The lowest BCUT2D eigenvalue weighted by Crippen LogP contribution is -2.51. The lowest BCUT2D eigenvalue weighted by atomic mass is 9.91. The predicted octanol–water partition coefficient (Wildman–Crippen LogP) is 1.63. The molecule has 108 valence electrons. The van der Waals surface area contributed by atoms with Crippen LogP contribution in [0.1, 0.15) is 12.8 Å². The van der Waals surface area contributed by atoms with Gasteiger partial charge in [-0.25, -0.2) is 4.98 Å². The summed E-state index contributed by atoms with van der Waals surface area (Å²) < 4.78 is 5.43. The second kappa shape index (κ2) is 8.32. The minimum Gasteiger partial charge on any atom is -0.368 e. The molecular weight excluding hydrogens is 289 g/mol. The van der Waals surface area contributed by atoms with Crippen LogP contribution in [-0.4, -0.2) is 36.7 Å². The quantitative estimate of drug-likeness (QED) is 0.891. The molecule has 0 atom stereocenters. The van der Waals surface area contributed by atoms with Crippen LogP contribution in [0, 0.1) is 0 Å². The first-order valence-electron chi connectivity index (χ1n) is 5.75. The summed E-state index contributed by atoms with van der Waals surface area (Å²) in [4.78, 5) is 16.3. The first-order valence-corrected chi connectivity index (χ1v) is 5.75. The minimum atomic E-state index is -0.719. The van der Waals surface area contributed by atoms with E-state index in [2.05, 4.69) is 15.6 Å². The Morgan fingerprint density at radius 1 is 1.37 bits per heavy atom. The van der Waals surface area contributed by atoms with Crippen LogP contribution < -0.4 is 10.6 Å². The molecular formula is C12H19Cl2N3O2. The van der Waals surface area contributed by atoms with Gasteiger partial charge >= 0.3 is 0 Å². The Morgan fingerprint density at radius 3 is 2.58 bits per heavy atom. The number of ether oxygens (including phenoxy) is 1. The Morgan fingerprint density at radius 2 is 2.05 bits per heavy atom. The van der Waals surface area contributed by atoms with Gasteiger partial charge in [0.25, 0.3) is 5.91 Å². The van der Waals surface area contributed by atoms with Gasteiger partial charge in [-0.05, 0) is 38.1 Å². The van der Waals surface area contributed by atoms with Crippen LogP contribution in [0.15, 0.2) is 24.4 Å². The van der Waals surface area contributed by atoms with Crippen molar-refractivity contribution in [3.8, 4) is 0 Å². The number of piperidine rings is 1. The first-order chi connectivity index (χ1) is 8.27. The van der Waals surface area contributed by atoms with E-state index in [0.717, 1.165) is 13.1 Å². The lowest BCUT2D eigenvalue weighted by molar-refractivity contribution is -0.140. The molecule has 1 aliphatic heterocycles. The molecule has 0 bridgehead atoms. The van der Waals surface area contributed by atoms with Gasteiger partial charge in [0.2, 0.25) is 0 Å². The molecule has 0 radical (unpaired) electrons. The summed E-state index contributed by atoms with van der Waals surface area (Å²) in [5.41, 5.74) is -0.719. The van der Waals surface area contributed by atoms with Crippen molar-refractivity contribution in [1.29, 1.82) is 0 Å². The van der Waals surface area contributed by atoms with Gasteiger partial charge in [0.1, 0.15) is 11.4 Å². The monoisotopic (exact) mass is 307 g/mol. The van der Waals surface area contributed by atoms with Crippen LogP contribution in [0.4, 0.5) is 5.82 Å². The van der Waals surface area contributed by atoms with Crippen molar-refractivity contribution < 1.29 is 9.53 Å². The van der Waals surface area contributed by atoms with Crippen LogP contribution >= 0.6 is 24.8 Å². The highest BCUT2D eigenvalue weighted by molar-refractivity contribution is 5.96. The Labute approximate surface area is 125 Å². The van der Waals surface area contributed by atoms with Gasteiger partial charge in [0.15, 0.2) is 0 Å². The average molecular weight is 308 g/mol. The molecule has 2 N–H and O–H groups in total. The third-order valence-electron chi connectivity index (χ3n) is 3.12. The molecule has 0 spiro atoms. The van der Waals surface area contributed by atoms with Crippen molar-refractivity contribution in [2.45, 2.75) is 18.4 Å². The van der Waals surface area contributed by atoms with Crippen LogP contribution in [0.2, 0.25) is 0 Å². The molecule has 7 heteroatoms. The number of amides is 1. The second-order valence-corrected chi connectivity index (χ2v) is 4.12. The molecule has 0 aliphatic carbocycles. The number of anilines is 1. The standard InChI is InChI=1S/C12H17N3O2.2ClH/c1-17-12(5-8-13-9-6-12)11(16)15-10-4-2-3-7-14-10;;/h2-4,7,13H,5-6,8-9H2,1H3,(H,14,15,16);2*1H. The molecule has 1 aromatic rings. The molecule has 0 saturated carbocycles. The number of aromatic nitrogens is 1. The Hall–Kier alpha value is -0.880. The summed E-state index contributed by atoms with van der Waals surface area (Å²) in [5.74, 6) is 0.452. The number of hydrogen-bond acceptors (Lipinski definition) is 4. The van der Waals surface area contributed by atoms with E-state index < -0.39 is 5.60 Å². The maximum absolute atomic E-state index is 12.2. The van der Waals surface area contributed by atoms with Crippen LogP contribution in [0.5, 0.6) is 0 Å². The fourth-order valence-corrected chi connectivity index (χ4v) is 2.02. The number of methoxy groups -OCH3 is 1. The number of nitrogens with one attached hydrogen (secondary N) is 2. The van der Waals surface area contributed by atoms with Crippen molar-refractivity contribution >= 4 is 36.5 Å². The van der Waals surface area contributed by atoms with Crippen LogP contribution in [-0.2, 0) is 9.53 Å². The Bertz CT molecular complexity index is 384. The fraction of sp³-hybridized carbons (Fsp3) is 0.500. The van der Waals surface area contributed by atoms with Gasteiger partial charge in [0.05, 0.1) is 0 Å². The van der Waals surface area contributed by atoms with E-state index in [9.17, 15) is 4.79 Å². The first kappa shape index (κ1) is 18.1. The average Bonchev–Trinajstić information content (AvgIpc) is 2.40. The number of halogens is 2. The molecule has 2 rings (SSSR count). The smallest absolute Gasteiger partial charge is 0.257 e. The van der Waals surface area contributed by atoms with Gasteiger partial charge < -0.3 is 15.4 Å². The fourth-order valence-electron chi connectivity index (χ4n) is 2.02. The molecule has 1 saturated heterocycles. The highest BCUT2D eigenvalue weighted by atomic mass is 35.5. The van der Waals surface area contributed by atoms with Gasteiger partial charge in [-0.15, -0.1) is 24.8 Å². The summed E-state index contributed by atoms with van der Waals surface area (Å²) >= 11 is 0. The molecule has 5 nitrogen and oxygen atoms in total. The van der Waals surface area contributed by atoms with Crippen molar-refractivity contribution in [2.75, 3.05) is 25.5 Å². The van der Waals surface area contributed by atoms with Gasteiger partial charge in [-0.1, -0.05) is 6.07 Å². The zero-order valence-electron chi connectivity index (χ0n) is 10.7. The lowest BCUT2D eigenvalue weighted by Gasteiger charge is -2.34. The molecule has 1 aliphatic rings. The van der Waals surface area contributed by atoms with Crippen LogP contribution in [0.3, 0.4) is 0 Å². The Kier molecular flexibility index (Phi) is 7.94. The summed E-state index contributed by atoms with van der Waals surface area (Å²) in [6.07, 6.45) is 3.02. The van der Waals surface area contributed by atoms with Gasteiger partial charge in [-0.2, -0.15) is 0 Å². The van der Waals surface area contributed by atoms with Gasteiger partial charge in [0, 0.05) is 13.3 Å². The van der Waals surface area contributed by atoms with Crippen LogP contribution in [0.25, 0.3) is 0 Å². The topological polar surface area (TPSA) is 63.2 Å². The SMILES string of the molecule is COC1(C(=O)Nc2ccccn2)CCNCC1.Cl.Cl. The third kappa shape index (κ3) is 4.31. The number of carbonyl (C=O) groups excluding carboxylic acids is 1. The van der Waals surface area contributed by atoms with E-state index >= 15 is 0 Å². The molecule has 19 heavy (non-hydrogen) atoms. The zero-order chi connectivity index (χ0) is 12.1. The number of hydrogen-bond donors (Lipinski definition) is 2. The zero-order valence-corrected chi connectivity index (χ0v) is 12.4. The van der Waals surface area contributed by atoms with Gasteiger partial charge in [-0.3, -0.25) is 4.79 Å². The number of pyridine rings is 1. The third-order valence-corrected chi connectivity index (χ3v) is 3.12. The molecule has 1 amide bonds. The van der Waals surface area contributed by atoms with Crippen molar-refractivity contribution in [3.63, 3.8) is 0 Å². The summed E-state index contributed by atoms with van der Waals surface area (Å²) in [7, 11) is 1.59. The highest BCUT2D eigenvalue weighted by Crippen LogP contribution is 2.23. The molecule has 0 aromatic carbocycles. The van der Waals surface area contributed by atoms with E-state index in [4.69, 9.17) is 4.74 Å².